The van der Waals surface area contributed by atoms with Gasteiger partial charge in [-0.25, -0.2) is 0 Å². The normalized spacial score (nSPS) is 11.6. The topological polar surface area (TPSA) is 26.3 Å². The van der Waals surface area contributed by atoms with Gasteiger partial charge >= 0.3 is 0 Å². The van der Waals surface area contributed by atoms with Gasteiger partial charge in [0.2, 0.25) is 0 Å². The summed E-state index contributed by atoms with van der Waals surface area (Å²) in [6, 6.07) is 0. The molecule has 0 bridgehead atoms. The predicted octanol–water partition coefficient (Wildman–Crippen LogP) is 8.23. The molecule has 0 spiro atoms. The Morgan fingerprint density at radius 2 is 0.800 bits per heavy atom. The fraction of sp³-hybridized carbons (Fsp3) is 0.972. The van der Waals surface area contributed by atoms with Gasteiger partial charge < -0.3 is 21.6 Å². The second-order valence-electron chi connectivity index (χ2n) is 13.2. The number of carbonyl (C=O) groups is 1. The predicted molar refractivity (Wildman–Crippen MR) is 174 cm³/mol. The summed E-state index contributed by atoms with van der Waals surface area (Å²) in [7, 11) is 4.61. The van der Waals surface area contributed by atoms with Crippen LogP contribution in [0.2, 0.25) is 0 Å². The van der Waals surface area contributed by atoms with E-state index in [9.17, 15) is 4.79 Å². The van der Waals surface area contributed by atoms with Crippen LogP contribution in [0.3, 0.4) is 0 Å². The molecule has 0 saturated heterocycles. The highest BCUT2D eigenvalue weighted by atomic mass is 35.5. The summed E-state index contributed by atoms with van der Waals surface area (Å²) < 4.78 is 6.73. The molecule has 0 amide bonds. The highest BCUT2D eigenvalue weighted by Crippen LogP contribution is 2.15. The summed E-state index contributed by atoms with van der Waals surface area (Å²) in [6.07, 6.45) is 36.7. The molecule has 0 N–H and O–H groups in total. The summed E-state index contributed by atoms with van der Waals surface area (Å²) in [6.45, 7) is 7.80. The average Bonchev–Trinajstić information content (AvgIpc) is 2.92. The van der Waals surface area contributed by atoms with E-state index in [4.69, 9.17) is 4.74 Å². The molecule has 0 aromatic rings. The first-order chi connectivity index (χ1) is 19.0. The van der Waals surface area contributed by atoms with Gasteiger partial charge in [0.05, 0.1) is 27.2 Å². The Morgan fingerprint density at radius 1 is 0.475 bits per heavy atom. The molecule has 0 fully saturated rings. The second-order valence-corrected chi connectivity index (χ2v) is 13.2. The number of hydrogen-bond acceptors (Lipinski definition) is 2. The summed E-state index contributed by atoms with van der Waals surface area (Å²) in [5.41, 5.74) is 0. The van der Waals surface area contributed by atoms with Crippen molar-refractivity contribution in [1.82, 2.24) is 0 Å². The molecule has 0 saturated carbocycles. The van der Waals surface area contributed by atoms with Crippen LogP contribution >= 0.6 is 0 Å². The van der Waals surface area contributed by atoms with Crippen molar-refractivity contribution in [2.45, 2.75) is 187 Å². The van der Waals surface area contributed by atoms with Gasteiger partial charge in [0, 0.05) is 6.42 Å². The Kier molecular flexibility index (Phi) is 35.1. The van der Waals surface area contributed by atoms with Crippen LogP contribution in [0.15, 0.2) is 0 Å². The van der Waals surface area contributed by atoms with Crippen LogP contribution in [0, 0.1) is 0 Å². The van der Waals surface area contributed by atoms with Gasteiger partial charge in [-0.1, -0.05) is 162 Å². The van der Waals surface area contributed by atoms with Crippen molar-refractivity contribution in [3.8, 4) is 0 Å². The average molecular weight is 588 g/mol. The lowest BCUT2D eigenvalue weighted by atomic mass is 10.0. The van der Waals surface area contributed by atoms with Crippen molar-refractivity contribution >= 4 is 5.78 Å². The molecule has 0 aliphatic rings. The lowest BCUT2D eigenvalue weighted by Crippen LogP contribution is -3.00. The number of ketones is 1. The summed E-state index contributed by atoms with van der Waals surface area (Å²) in [4.78, 5) is 12.1. The van der Waals surface area contributed by atoms with Crippen molar-refractivity contribution in [1.29, 1.82) is 0 Å². The Morgan fingerprint density at radius 3 is 1.18 bits per heavy atom. The SMILES string of the molecule is CCCCCCCCCCCCCCCCCCCC[N+](C)(C)CCOCC(=O)CCCCCCCCCC.[Cl-]. The van der Waals surface area contributed by atoms with Crippen molar-refractivity contribution in [2.75, 3.05) is 40.4 Å². The molecular weight excluding hydrogens is 514 g/mol. The third-order valence-electron chi connectivity index (χ3n) is 8.53. The molecule has 0 heterocycles. The monoisotopic (exact) mass is 588 g/mol. The van der Waals surface area contributed by atoms with Crippen molar-refractivity contribution in [3.05, 3.63) is 0 Å². The molecule has 3 nitrogen and oxygen atoms in total. The molecule has 0 aromatic carbocycles. The molecule has 0 rings (SSSR count). The number of rotatable bonds is 33. The number of quaternary nitrogens is 1. The zero-order valence-electron chi connectivity index (χ0n) is 28.1. The number of Topliss-reactive ketones (excluding diaryl/α,β-unsaturated/α-hetero) is 1. The minimum atomic E-state index is 0. The maximum atomic E-state index is 12.1. The first kappa shape index (κ1) is 42.0. The van der Waals surface area contributed by atoms with Crippen molar-refractivity contribution in [3.63, 3.8) is 0 Å². The zero-order valence-corrected chi connectivity index (χ0v) is 28.8. The third-order valence-corrected chi connectivity index (χ3v) is 8.53. The van der Waals surface area contributed by atoms with Gasteiger partial charge in [-0.3, -0.25) is 4.79 Å². The third kappa shape index (κ3) is 34.1. The van der Waals surface area contributed by atoms with E-state index in [0.717, 1.165) is 17.4 Å². The fourth-order valence-electron chi connectivity index (χ4n) is 5.58. The van der Waals surface area contributed by atoms with E-state index in [1.807, 2.05) is 0 Å². The van der Waals surface area contributed by atoms with E-state index >= 15 is 0 Å². The van der Waals surface area contributed by atoms with Gasteiger partial charge in [0.1, 0.15) is 13.2 Å². The number of ether oxygens (including phenoxy) is 1. The fourth-order valence-corrected chi connectivity index (χ4v) is 5.58. The number of hydrogen-bond donors (Lipinski definition) is 0. The van der Waals surface area contributed by atoms with Gasteiger partial charge in [-0.15, -0.1) is 0 Å². The van der Waals surface area contributed by atoms with Crippen LogP contribution in [-0.4, -0.2) is 50.7 Å². The van der Waals surface area contributed by atoms with Crippen molar-refractivity contribution < 1.29 is 26.4 Å². The van der Waals surface area contributed by atoms with Crippen LogP contribution in [0.1, 0.15) is 187 Å². The number of unbranched alkanes of at least 4 members (excludes halogenated alkanes) is 24. The van der Waals surface area contributed by atoms with E-state index in [1.54, 1.807) is 0 Å². The molecule has 4 heteroatoms. The molecule has 0 aliphatic carbocycles. The van der Waals surface area contributed by atoms with Crippen LogP contribution < -0.4 is 12.4 Å². The van der Waals surface area contributed by atoms with Crippen LogP contribution in [-0.2, 0) is 9.53 Å². The van der Waals surface area contributed by atoms with Gasteiger partial charge in [0.15, 0.2) is 5.78 Å². The van der Waals surface area contributed by atoms with Crippen molar-refractivity contribution in [2.24, 2.45) is 0 Å². The van der Waals surface area contributed by atoms with Crippen LogP contribution in [0.25, 0.3) is 0 Å². The first-order valence-corrected chi connectivity index (χ1v) is 17.9. The number of carbonyl (C=O) groups excluding carboxylic acids is 1. The number of nitrogens with zero attached hydrogens (tertiary/aromatic N) is 1. The largest absolute Gasteiger partial charge is 1.00 e. The lowest BCUT2D eigenvalue weighted by molar-refractivity contribution is -0.890. The Labute approximate surface area is 259 Å². The standard InChI is InChI=1S/C36H74NO2.ClH/c1-5-7-9-11-13-15-16-17-18-19-20-21-22-23-24-26-28-30-32-37(3,4)33-34-39-35-36(38)31-29-27-25-14-12-10-8-6-2;/h5-35H2,1-4H3;1H/q+1;/p-1. The van der Waals surface area contributed by atoms with Crippen LogP contribution in [0.4, 0.5) is 0 Å². The Hall–Kier alpha value is -0.120. The summed E-state index contributed by atoms with van der Waals surface area (Å²) >= 11 is 0. The number of likely N-dealkylation sites (N-methyl/N-ethyl adjacent to an activating group) is 1. The van der Waals surface area contributed by atoms with E-state index in [1.165, 1.54) is 167 Å². The molecule has 0 unspecified atom stereocenters. The molecule has 0 atom stereocenters. The zero-order chi connectivity index (χ0) is 28.7. The Balaban J connectivity index is 0. The molecular formula is C36H74ClNO2. The van der Waals surface area contributed by atoms with E-state index in [-0.39, 0.29) is 18.2 Å². The first-order valence-electron chi connectivity index (χ1n) is 17.9. The molecule has 0 aliphatic heterocycles. The molecule has 40 heavy (non-hydrogen) atoms. The summed E-state index contributed by atoms with van der Waals surface area (Å²) in [5, 5.41) is 0. The van der Waals surface area contributed by atoms with Gasteiger partial charge in [0.25, 0.3) is 0 Å². The smallest absolute Gasteiger partial charge is 0.158 e. The molecule has 0 radical (unpaired) electrons. The summed E-state index contributed by atoms with van der Waals surface area (Å²) in [5.74, 6) is 0.287. The van der Waals surface area contributed by atoms with Gasteiger partial charge in [-0.05, 0) is 19.3 Å². The van der Waals surface area contributed by atoms with Crippen LogP contribution in [0.5, 0.6) is 0 Å². The minimum absolute atomic E-state index is 0. The minimum Gasteiger partial charge on any atom is -1.00 e. The maximum absolute atomic E-state index is 12.1. The maximum Gasteiger partial charge on any atom is 0.158 e. The second kappa shape index (κ2) is 33.4. The highest BCUT2D eigenvalue weighted by molar-refractivity contribution is 5.79. The molecule has 242 valence electrons. The Bertz CT molecular complexity index is 497. The van der Waals surface area contributed by atoms with Gasteiger partial charge in [-0.2, -0.15) is 0 Å². The molecule has 0 aromatic heterocycles. The lowest BCUT2D eigenvalue weighted by Gasteiger charge is -2.29. The number of halogens is 1. The van der Waals surface area contributed by atoms with E-state index in [2.05, 4.69) is 27.9 Å². The van der Waals surface area contributed by atoms with E-state index in [0.29, 0.717) is 19.6 Å². The quantitative estimate of drug-likeness (QED) is 0.0571. The van der Waals surface area contributed by atoms with E-state index < -0.39 is 0 Å². The highest BCUT2D eigenvalue weighted by Gasteiger charge is 2.14.